The van der Waals surface area contributed by atoms with Crippen LogP contribution in [0.3, 0.4) is 0 Å². The molecule has 29 heavy (non-hydrogen) atoms. The summed E-state index contributed by atoms with van der Waals surface area (Å²) in [5.74, 6) is 1.40. The maximum absolute atomic E-state index is 12.2. The van der Waals surface area contributed by atoms with Gasteiger partial charge in [0.15, 0.2) is 5.96 Å². The number of guanidine groups is 1. The molecule has 9 nitrogen and oxygen atoms in total. The van der Waals surface area contributed by atoms with Crippen molar-refractivity contribution in [2.24, 2.45) is 4.99 Å². The van der Waals surface area contributed by atoms with E-state index in [0.29, 0.717) is 17.5 Å². The van der Waals surface area contributed by atoms with E-state index in [1.807, 2.05) is 12.1 Å². The molecule has 1 fully saturated rings. The number of aromatic nitrogens is 2. The molecule has 0 amide bonds. The normalized spacial score (nSPS) is 17.4. The first-order valence-corrected chi connectivity index (χ1v) is 11.1. The van der Waals surface area contributed by atoms with Crippen LogP contribution in [-0.2, 0) is 10.0 Å². The molecule has 0 spiro atoms. The second-order valence-electron chi connectivity index (χ2n) is 6.47. The molecule has 1 atom stereocenters. The van der Waals surface area contributed by atoms with Crippen molar-refractivity contribution in [3.05, 3.63) is 47.9 Å². The number of sulfonamides is 1. The Hall–Kier alpha value is -2.43. The molecule has 0 aliphatic carbocycles. The van der Waals surface area contributed by atoms with E-state index in [2.05, 4.69) is 35.2 Å². The predicted octanol–water partition coefficient (Wildman–Crippen LogP) is 0.852. The largest absolute Gasteiger partial charge is 0.355 e. The Balaban J connectivity index is 1.44. The van der Waals surface area contributed by atoms with Crippen LogP contribution in [0.5, 0.6) is 0 Å². The smallest absolute Gasteiger partial charge is 0.242 e. The zero-order valence-corrected chi connectivity index (χ0v) is 17.6. The van der Waals surface area contributed by atoms with Crippen LogP contribution in [0.15, 0.2) is 52.7 Å². The number of pyridine rings is 2. The lowest BCUT2D eigenvalue weighted by Gasteiger charge is -2.20. The number of nitrogens with one attached hydrogen (secondary N) is 3. The second-order valence-corrected chi connectivity index (χ2v) is 8.64. The van der Waals surface area contributed by atoms with Gasteiger partial charge in [-0.2, -0.15) is 0 Å². The van der Waals surface area contributed by atoms with Crippen molar-refractivity contribution in [1.29, 1.82) is 0 Å². The van der Waals surface area contributed by atoms with Crippen molar-refractivity contribution in [2.45, 2.75) is 17.4 Å². The highest BCUT2D eigenvalue weighted by atomic mass is 35.5. The molecule has 3 heterocycles. The lowest BCUT2D eigenvalue weighted by molar-refractivity contribution is 0.579. The van der Waals surface area contributed by atoms with Crippen molar-refractivity contribution in [1.82, 2.24) is 25.3 Å². The summed E-state index contributed by atoms with van der Waals surface area (Å²) in [4.78, 5) is 14.7. The Bertz CT molecular complexity index is 940. The summed E-state index contributed by atoms with van der Waals surface area (Å²) in [7, 11) is -1.89. The third-order valence-electron chi connectivity index (χ3n) is 4.45. The molecule has 0 saturated carbocycles. The average molecular weight is 438 g/mol. The summed E-state index contributed by atoms with van der Waals surface area (Å²) in [6.07, 6.45) is 5.49. The molecule has 11 heteroatoms. The minimum atomic E-state index is -3.57. The molecule has 1 aliphatic heterocycles. The lowest BCUT2D eigenvalue weighted by atomic mass is 10.3. The Morgan fingerprint density at radius 2 is 2.14 bits per heavy atom. The summed E-state index contributed by atoms with van der Waals surface area (Å²) in [5, 5.41) is 7.11. The van der Waals surface area contributed by atoms with Gasteiger partial charge in [-0.05, 0) is 30.7 Å². The highest BCUT2D eigenvalue weighted by Gasteiger charge is 2.25. The Kier molecular flexibility index (Phi) is 7.24. The van der Waals surface area contributed by atoms with Crippen molar-refractivity contribution < 1.29 is 8.42 Å². The number of hydrogen-bond acceptors (Lipinski definition) is 6. The van der Waals surface area contributed by atoms with Gasteiger partial charge in [-0.3, -0.25) is 9.98 Å². The molecule has 156 valence electrons. The van der Waals surface area contributed by atoms with Gasteiger partial charge in [0.1, 0.15) is 10.7 Å². The van der Waals surface area contributed by atoms with E-state index < -0.39 is 10.0 Å². The van der Waals surface area contributed by atoms with Gasteiger partial charge >= 0.3 is 0 Å². The van der Waals surface area contributed by atoms with Crippen molar-refractivity contribution in [2.75, 3.05) is 38.1 Å². The van der Waals surface area contributed by atoms with Gasteiger partial charge in [0.2, 0.25) is 10.0 Å². The van der Waals surface area contributed by atoms with Crippen molar-refractivity contribution in [3.63, 3.8) is 0 Å². The summed E-state index contributed by atoms with van der Waals surface area (Å²) < 4.78 is 26.9. The van der Waals surface area contributed by atoms with Crippen LogP contribution in [0.4, 0.5) is 5.82 Å². The van der Waals surface area contributed by atoms with Gasteiger partial charge in [0.05, 0.1) is 5.02 Å². The second kappa shape index (κ2) is 9.86. The number of anilines is 1. The van der Waals surface area contributed by atoms with Crippen LogP contribution in [0.1, 0.15) is 6.42 Å². The molecule has 3 rings (SSSR count). The highest BCUT2D eigenvalue weighted by molar-refractivity contribution is 7.89. The van der Waals surface area contributed by atoms with E-state index in [1.54, 1.807) is 19.3 Å². The number of nitrogens with zero attached hydrogens (tertiary/aromatic N) is 4. The molecule has 1 unspecified atom stereocenters. The molecule has 0 aromatic carbocycles. The van der Waals surface area contributed by atoms with Gasteiger partial charge in [-0.15, -0.1) is 0 Å². The zero-order chi connectivity index (χ0) is 20.7. The van der Waals surface area contributed by atoms with Crippen LogP contribution < -0.4 is 20.3 Å². The number of hydrogen-bond donors (Lipinski definition) is 3. The van der Waals surface area contributed by atoms with Crippen LogP contribution in [0, 0.1) is 0 Å². The van der Waals surface area contributed by atoms with Crippen molar-refractivity contribution >= 4 is 33.4 Å². The monoisotopic (exact) mass is 437 g/mol. The van der Waals surface area contributed by atoms with E-state index in [1.165, 1.54) is 18.5 Å². The van der Waals surface area contributed by atoms with Gasteiger partial charge < -0.3 is 15.5 Å². The van der Waals surface area contributed by atoms with Crippen LogP contribution in [0.25, 0.3) is 0 Å². The Morgan fingerprint density at radius 1 is 1.31 bits per heavy atom. The van der Waals surface area contributed by atoms with Crippen LogP contribution in [0.2, 0.25) is 5.02 Å². The van der Waals surface area contributed by atoms with Gasteiger partial charge in [0, 0.05) is 57.9 Å². The molecule has 1 saturated heterocycles. The highest BCUT2D eigenvalue weighted by Crippen LogP contribution is 2.25. The minimum Gasteiger partial charge on any atom is -0.355 e. The average Bonchev–Trinajstić information content (AvgIpc) is 3.19. The van der Waals surface area contributed by atoms with E-state index in [0.717, 1.165) is 25.3 Å². The summed E-state index contributed by atoms with van der Waals surface area (Å²) in [6, 6.07) is 6.92. The maximum atomic E-state index is 12.2. The topological polar surface area (TPSA) is 112 Å². The van der Waals surface area contributed by atoms with Gasteiger partial charge in [-0.25, -0.2) is 18.1 Å². The third-order valence-corrected chi connectivity index (χ3v) is 6.19. The third kappa shape index (κ3) is 5.78. The molecular formula is C18H24ClN7O2S. The van der Waals surface area contributed by atoms with Crippen molar-refractivity contribution in [3.8, 4) is 0 Å². The van der Waals surface area contributed by atoms with Crippen LogP contribution >= 0.6 is 11.6 Å². The fraction of sp³-hybridized carbons (Fsp3) is 0.389. The molecular weight excluding hydrogens is 414 g/mol. The first-order chi connectivity index (χ1) is 14.0. The Morgan fingerprint density at radius 3 is 2.86 bits per heavy atom. The lowest BCUT2D eigenvalue weighted by Crippen LogP contribution is -2.46. The first kappa shape index (κ1) is 21.3. The van der Waals surface area contributed by atoms with E-state index in [-0.39, 0.29) is 17.5 Å². The zero-order valence-electron chi connectivity index (χ0n) is 16.0. The van der Waals surface area contributed by atoms with Gasteiger partial charge in [0.25, 0.3) is 0 Å². The van der Waals surface area contributed by atoms with E-state index in [4.69, 9.17) is 11.6 Å². The Labute approximate surface area is 175 Å². The molecule has 0 radical (unpaired) electrons. The summed E-state index contributed by atoms with van der Waals surface area (Å²) in [6.45, 7) is 2.21. The van der Waals surface area contributed by atoms with E-state index >= 15 is 0 Å². The fourth-order valence-electron chi connectivity index (χ4n) is 3.02. The number of halogens is 1. The standard InChI is InChI=1S/C18H24ClN7O2S/c1-20-18(23-9-10-24-29(27,28)15-4-2-7-21-12-15)25-14-6-11-26(13-14)17-16(19)5-3-8-22-17/h2-5,7-8,12,14,24H,6,9-11,13H2,1H3,(H2,20,23,25). The number of aliphatic imine (C=N–C) groups is 1. The minimum absolute atomic E-state index is 0.140. The van der Waals surface area contributed by atoms with Gasteiger partial charge in [-0.1, -0.05) is 11.6 Å². The maximum Gasteiger partial charge on any atom is 0.242 e. The van der Waals surface area contributed by atoms with Crippen LogP contribution in [-0.4, -0.2) is 63.6 Å². The summed E-state index contributed by atoms with van der Waals surface area (Å²) >= 11 is 6.23. The van der Waals surface area contributed by atoms with E-state index in [9.17, 15) is 8.42 Å². The molecule has 1 aliphatic rings. The quantitative estimate of drug-likeness (QED) is 0.334. The summed E-state index contributed by atoms with van der Waals surface area (Å²) in [5.41, 5.74) is 0. The molecule has 0 bridgehead atoms. The molecule has 3 N–H and O–H groups in total. The fourth-order valence-corrected chi connectivity index (χ4v) is 4.26. The SMILES string of the molecule is CN=C(NCCNS(=O)(=O)c1cccnc1)NC1CCN(c2ncccc2Cl)C1. The molecule has 2 aromatic heterocycles. The molecule has 2 aromatic rings. The first-order valence-electron chi connectivity index (χ1n) is 9.22. The predicted molar refractivity (Wildman–Crippen MR) is 114 cm³/mol. The number of rotatable bonds is 7.